The third kappa shape index (κ3) is 3.29. The molecule has 1 aromatic heterocycles. The Hall–Kier alpha value is -1.55. The summed E-state index contributed by atoms with van der Waals surface area (Å²) in [7, 11) is 1.42. The summed E-state index contributed by atoms with van der Waals surface area (Å²) in [6, 6.07) is 6.83. The number of esters is 1. The number of aromatic nitrogens is 1. The van der Waals surface area contributed by atoms with Crippen LogP contribution in [0.3, 0.4) is 0 Å². The fraction of sp³-hybridized carbons (Fsp3) is 0.476. The quantitative estimate of drug-likeness (QED) is 0.616. The highest BCUT2D eigenvalue weighted by Gasteiger charge is 2.39. The van der Waals surface area contributed by atoms with Gasteiger partial charge in [-0.15, -0.1) is 0 Å². The van der Waals surface area contributed by atoms with E-state index in [-0.39, 0.29) is 16.8 Å². The maximum atomic E-state index is 12.0. The molecule has 0 radical (unpaired) electrons. The van der Waals surface area contributed by atoms with Crippen LogP contribution >= 0.6 is 15.9 Å². The molecule has 4 heteroatoms. The number of hydrogen-bond acceptors (Lipinski definition) is 2. The lowest BCUT2D eigenvalue weighted by molar-refractivity contribution is 0.0600. The molecule has 25 heavy (non-hydrogen) atoms. The second kappa shape index (κ2) is 6.01. The van der Waals surface area contributed by atoms with Crippen molar-refractivity contribution in [3.8, 4) is 5.69 Å². The van der Waals surface area contributed by atoms with E-state index in [0.717, 1.165) is 15.9 Å². The molecule has 0 aliphatic heterocycles. The first kappa shape index (κ1) is 18.2. The molecule has 0 bridgehead atoms. The molecule has 0 amide bonds. The smallest absolute Gasteiger partial charge is 0.339 e. The van der Waals surface area contributed by atoms with Gasteiger partial charge < -0.3 is 9.30 Å². The fourth-order valence-corrected chi connectivity index (χ4v) is 3.61. The molecule has 3 nitrogen and oxygen atoms in total. The maximum Gasteiger partial charge on any atom is 0.339 e. The van der Waals surface area contributed by atoms with E-state index in [1.807, 2.05) is 17.7 Å². The van der Waals surface area contributed by atoms with Gasteiger partial charge in [0.05, 0.1) is 17.3 Å². The molecule has 134 valence electrons. The molecular weight excluding hydrogens is 378 g/mol. The van der Waals surface area contributed by atoms with Crippen molar-refractivity contribution >= 4 is 21.9 Å². The minimum atomic E-state index is -0.307. The number of ether oxygens (including phenoxy) is 1. The maximum absolute atomic E-state index is 12.0. The monoisotopic (exact) mass is 403 g/mol. The van der Waals surface area contributed by atoms with Crippen LogP contribution in [0.25, 0.3) is 5.69 Å². The Labute approximate surface area is 158 Å². The topological polar surface area (TPSA) is 31.2 Å². The minimum absolute atomic E-state index is 0.0653. The lowest BCUT2D eigenvalue weighted by Gasteiger charge is -2.23. The van der Waals surface area contributed by atoms with Crippen LogP contribution in [0.2, 0.25) is 0 Å². The normalized spacial score (nSPS) is 16.0. The summed E-state index contributed by atoms with van der Waals surface area (Å²) in [5.74, 6) is -0.307. The highest BCUT2D eigenvalue weighted by molar-refractivity contribution is 9.10. The molecule has 1 aromatic carbocycles. The Morgan fingerprint density at radius 1 is 1.24 bits per heavy atom. The van der Waals surface area contributed by atoms with Crippen LogP contribution < -0.4 is 0 Å². The van der Waals surface area contributed by atoms with Crippen LogP contribution in [0.1, 0.15) is 67.6 Å². The predicted octanol–water partition coefficient (Wildman–Crippen LogP) is 5.68. The molecule has 0 spiro atoms. The summed E-state index contributed by atoms with van der Waals surface area (Å²) >= 11 is 3.66. The van der Waals surface area contributed by atoms with E-state index in [0.29, 0.717) is 5.56 Å². The molecule has 1 aliphatic carbocycles. The van der Waals surface area contributed by atoms with E-state index >= 15 is 0 Å². The fourth-order valence-electron chi connectivity index (χ4n) is 3.09. The van der Waals surface area contributed by atoms with E-state index in [9.17, 15) is 4.79 Å². The van der Waals surface area contributed by atoms with E-state index in [4.69, 9.17) is 4.74 Å². The van der Waals surface area contributed by atoms with Crippen LogP contribution in [0.15, 0.2) is 29.0 Å². The Morgan fingerprint density at radius 2 is 1.88 bits per heavy atom. The Balaban J connectivity index is 2.19. The number of nitrogens with zero attached hydrogens (tertiary/aromatic N) is 1. The summed E-state index contributed by atoms with van der Waals surface area (Å²) in [6.45, 7) is 11.0. The van der Waals surface area contributed by atoms with Crippen LogP contribution in [0, 0.1) is 6.92 Å². The number of hydrogen-bond donors (Lipinski definition) is 0. The lowest BCUT2D eigenvalue weighted by Crippen LogP contribution is -2.14. The zero-order valence-electron chi connectivity index (χ0n) is 15.9. The van der Waals surface area contributed by atoms with Crippen LogP contribution in [0.4, 0.5) is 0 Å². The van der Waals surface area contributed by atoms with Gasteiger partial charge in [-0.05, 0) is 75.3 Å². The van der Waals surface area contributed by atoms with Crippen LogP contribution in [0.5, 0.6) is 0 Å². The summed E-state index contributed by atoms with van der Waals surface area (Å²) in [5, 5.41) is 0. The summed E-state index contributed by atoms with van der Waals surface area (Å²) < 4.78 is 7.86. The standard InChI is InChI=1S/C21H26BrNO2/c1-13-17(19(24)25-6)12-23(18(13)22)16-10-14(20(2,3)4)9-15(11-16)21(5)7-8-21/h9-12H,7-8H2,1-6H3. The van der Waals surface area contributed by atoms with Crippen LogP contribution in [-0.2, 0) is 15.6 Å². The predicted molar refractivity (Wildman–Crippen MR) is 105 cm³/mol. The lowest BCUT2D eigenvalue weighted by atomic mass is 9.83. The first-order chi connectivity index (χ1) is 11.6. The minimum Gasteiger partial charge on any atom is -0.465 e. The zero-order chi connectivity index (χ0) is 18.6. The van der Waals surface area contributed by atoms with E-state index < -0.39 is 0 Å². The number of benzene rings is 1. The van der Waals surface area contributed by atoms with Gasteiger partial charge in [0.2, 0.25) is 0 Å². The molecule has 0 atom stereocenters. The van der Waals surface area contributed by atoms with Gasteiger partial charge >= 0.3 is 5.97 Å². The van der Waals surface area contributed by atoms with Gasteiger partial charge in [-0.1, -0.05) is 33.8 Å². The SMILES string of the molecule is COC(=O)c1cn(-c2cc(C(C)(C)C)cc(C3(C)CC3)c2)c(Br)c1C. The van der Waals surface area contributed by atoms with Crippen molar-refractivity contribution < 1.29 is 9.53 Å². The van der Waals surface area contributed by atoms with E-state index in [1.165, 1.54) is 31.1 Å². The third-order valence-corrected chi connectivity index (χ3v) is 6.32. The van der Waals surface area contributed by atoms with Crippen molar-refractivity contribution in [1.82, 2.24) is 4.57 Å². The first-order valence-electron chi connectivity index (χ1n) is 8.69. The number of halogens is 1. The van der Waals surface area contributed by atoms with Crippen molar-refractivity contribution in [3.63, 3.8) is 0 Å². The number of methoxy groups -OCH3 is 1. The molecule has 0 saturated heterocycles. The van der Waals surface area contributed by atoms with Gasteiger partial charge in [-0.2, -0.15) is 0 Å². The van der Waals surface area contributed by atoms with Crippen molar-refractivity contribution in [2.24, 2.45) is 0 Å². The highest BCUT2D eigenvalue weighted by atomic mass is 79.9. The van der Waals surface area contributed by atoms with Gasteiger partial charge in [0, 0.05) is 11.9 Å². The van der Waals surface area contributed by atoms with E-state index in [2.05, 4.69) is 61.8 Å². The average molecular weight is 404 g/mol. The Kier molecular flexibility index (Phi) is 4.39. The zero-order valence-corrected chi connectivity index (χ0v) is 17.5. The molecule has 0 N–H and O–H groups in total. The second-order valence-corrected chi connectivity index (χ2v) is 9.15. The van der Waals surface area contributed by atoms with Gasteiger partial charge in [-0.25, -0.2) is 4.79 Å². The first-order valence-corrected chi connectivity index (χ1v) is 9.48. The molecule has 1 saturated carbocycles. The Bertz CT molecular complexity index is 815. The molecule has 1 heterocycles. The molecular formula is C21H26BrNO2. The molecule has 0 unspecified atom stereocenters. The highest BCUT2D eigenvalue weighted by Crippen LogP contribution is 2.49. The molecule has 2 aromatic rings. The van der Waals surface area contributed by atoms with Gasteiger partial charge in [0.25, 0.3) is 0 Å². The van der Waals surface area contributed by atoms with Gasteiger partial charge in [0.15, 0.2) is 0 Å². The largest absolute Gasteiger partial charge is 0.465 e. The summed E-state index contributed by atoms with van der Waals surface area (Å²) in [5.41, 5.74) is 5.62. The Morgan fingerprint density at radius 3 is 2.40 bits per heavy atom. The van der Waals surface area contributed by atoms with E-state index in [1.54, 1.807) is 0 Å². The van der Waals surface area contributed by atoms with Crippen molar-refractivity contribution in [2.45, 2.75) is 58.3 Å². The number of rotatable bonds is 3. The summed E-state index contributed by atoms with van der Waals surface area (Å²) in [6.07, 6.45) is 4.34. The molecule has 1 aliphatic rings. The number of carbonyl (C=O) groups excluding carboxylic acids is 1. The molecule has 1 fully saturated rings. The second-order valence-electron chi connectivity index (χ2n) is 8.40. The van der Waals surface area contributed by atoms with Crippen molar-refractivity contribution in [1.29, 1.82) is 0 Å². The van der Waals surface area contributed by atoms with Crippen molar-refractivity contribution in [2.75, 3.05) is 7.11 Å². The number of carbonyl (C=O) groups is 1. The summed E-state index contributed by atoms with van der Waals surface area (Å²) in [4.78, 5) is 12.0. The van der Waals surface area contributed by atoms with Gasteiger partial charge in [0.1, 0.15) is 0 Å². The van der Waals surface area contributed by atoms with Crippen LogP contribution in [-0.4, -0.2) is 17.6 Å². The van der Waals surface area contributed by atoms with Crippen molar-refractivity contribution in [3.05, 3.63) is 51.3 Å². The average Bonchev–Trinajstić information content (AvgIpc) is 3.24. The van der Waals surface area contributed by atoms with Gasteiger partial charge in [-0.3, -0.25) is 0 Å². The molecule has 3 rings (SSSR count). The third-order valence-electron chi connectivity index (χ3n) is 5.35.